The van der Waals surface area contributed by atoms with Gasteiger partial charge in [-0.3, -0.25) is 4.79 Å². The van der Waals surface area contributed by atoms with E-state index in [1.165, 1.54) is 11.1 Å². The van der Waals surface area contributed by atoms with Crippen molar-refractivity contribution in [2.45, 2.75) is 101 Å². The SMILES string of the molecule is CC(C)CC(N)=O.CCCN(CCC)c1nc(-c2ccccc2CC)nc(C)c1COc1cc(C(C)C)ccc1C. The van der Waals surface area contributed by atoms with Crippen molar-refractivity contribution in [2.75, 3.05) is 18.0 Å². The predicted octanol–water partition coefficient (Wildman–Crippen LogP) is 8.17. The summed E-state index contributed by atoms with van der Waals surface area (Å²) in [6, 6.07) is 15.0. The van der Waals surface area contributed by atoms with E-state index in [1.54, 1.807) is 0 Å². The molecule has 0 bridgehead atoms. The van der Waals surface area contributed by atoms with Crippen LogP contribution in [0.5, 0.6) is 5.75 Å². The molecule has 0 radical (unpaired) electrons. The largest absolute Gasteiger partial charge is 0.488 e. The summed E-state index contributed by atoms with van der Waals surface area (Å²) >= 11 is 0. The van der Waals surface area contributed by atoms with Crippen LogP contribution in [-0.2, 0) is 17.8 Å². The number of hydrogen-bond donors (Lipinski definition) is 1. The molecule has 1 aromatic heterocycles. The van der Waals surface area contributed by atoms with E-state index in [-0.39, 0.29) is 5.91 Å². The van der Waals surface area contributed by atoms with Crippen molar-refractivity contribution in [3.05, 3.63) is 70.4 Å². The first-order valence-electron chi connectivity index (χ1n) is 15.2. The Balaban J connectivity index is 0.000000745. The molecule has 0 spiro atoms. The van der Waals surface area contributed by atoms with Crippen molar-refractivity contribution >= 4 is 11.7 Å². The molecule has 6 heteroatoms. The lowest BCUT2D eigenvalue weighted by atomic mass is 10.0. The molecule has 0 aliphatic rings. The van der Waals surface area contributed by atoms with E-state index in [4.69, 9.17) is 20.4 Å². The summed E-state index contributed by atoms with van der Waals surface area (Å²) in [6.07, 6.45) is 3.59. The van der Waals surface area contributed by atoms with Gasteiger partial charge in [-0.15, -0.1) is 0 Å². The zero-order valence-electron chi connectivity index (χ0n) is 26.9. The van der Waals surface area contributed by atoms with Crippen LogP contribution in [0.4, 0.5) is 5.82 Å². The lowest BCUT2D eigenvalue weighted by Crippen LogP contribution is -2.28. The summed E-state index contributed by atoms with van der Waals surface area (Å²) in [5.74, 6) is 3.41. The summed E-state index contributed by atoms with van der Waals surface area (Å²) in [6.45, 7) is 21.6. The van der Waals surface area contributed by atoms with Gasteiger partial charge >= 0.3 is 0 Å². The Morgan fingerprint density at radius 3 is 2.15 bits per heavy atom. The summed E-state index contributed by atoms with van der Waals surface area (Å²) in [5, 5.41) is 0. The van der Waals surface area contributed by atoms with Gasteiger partial charge < -0.3 is 15.4 Å². The maximum atomic E-state index is 10.0. The lowest BCUT2D eigenvalue weighted by molar-refractivity contribution is -0.118. The number of ether oxygens (including phenoxy) is 1. The average Bonchev–Trinajstić information content (AvgIpc) is 2.92. The Morgan fingerprint density at radius 2 is 1.61 bits per heavy atom. The molecule has 1 amide bonds. The maximum absolute atomic E-state index is 10.0. The number of carbonyl (C=O) groups excluding carboxylic acids is 1. The van der Waals surface area contributed by atoms with Crippen molar-refractivity contribution in [3.8, 4) is 17.1 Å². The molecular formula is C35H52N4O2. The number of primary amides is 1. The fourth-order valence-corrected chi connectivity index (χ4v) is 4.73. The van der Waals surface area contributed by atoms with E-state index in [2.05, 4.69) is 95.8 Å². The van der Waals surface area contributed by atoms with E-state index in [9.17, 15) is 4.79 Å². The molecule has 1 heterocycles. The predicted molar refractivity (Wildman–Crippen MR) is 173 cm³/mol. The van der Waals surface area contributed by atoms with Crippen molar-refractivity contribution in [1.29, 1.82) is 0 Å². The first-order valence-corrected chi connectivity index (χ1v) is 15.2. The first kappa shape index (κ1) is 33.8. The Kier molecular flexibility index (Phi) is 13.8. The molecule has 0 atom stereocenters. The van der Waals surface area contributed by atoms with Crippen molar-refractivity contribution in [3.63, 3.8) is 0 Å². The van der Waals surface area contributed by atoms with E-state index in [0.29, 0.717) is 24.9 Å². The standard InChI is InChI=1S/C30H41N3O.C5H11NO/c1-8-17-33(18-9-2)30-27(20-34-28-19-25(21(4)5)16-15-22(28)6)23(7)31-29(32-30)26-14-12-11-13-24(26)10-3;1-4(2)3-5(6)7/h11-16,19,21H,8-10,17-18,20H2,1-7H3;4H,3H2,1-2H3,(H2,6,7). The molecule has 0 fully saturated rings. The fraction of sp³-hybridized carbons (Fsp3) is 0.514. The molecule has 0 aliphatic carbocycles. The van der Waals surface area contributed by atoms with Crippen LogP contribution in [0.1, 0.15) is 102 Å². The van der Waals surface area contributed by atoms with Gasteiger partial charge in [0, 0.05) is 25.1 Å². The number of hydrogen-bond acceptors (Lipinski definition) is 5. The number of carbonyl (C=O) groups is 1. The second-order valence-corrected chi connectivity index (χ2v) is 11.5. The van der Waals surface area contributed by atoms with E-state index >= 15 is 0 Å². The number of rotatable bonds is 13. The molecule has 0 unspecified atom stereocenters. The summed E-state index contributed by atoms with van der Waals surface area (Å²) in [7, 11) is 0. The number of nitrogens with zero attached hydrogens (tertiary/aromatic N) is 3. The Labute approximate surface area is 248 Å². The molecule has 41 heavy (non-hydrogen) atoms. The Morgan fingerprint density at radius 1 is 0.951 bits per heavy atom. The molecule has 6 nitrogen and oxygen atoms in total. The molecule has 0 aliphatic heterocycles. The van der Waals surface area contributed by atoms with Gasteiger partial charge in [0.1, 0.15) is 18.2 Å². The van der Waals surface area contributed by atoms with Crippen LogP contribution in [0.15, 0.2) is 42.5 Å². The highest BCUT2D eigenvalue weighted by atomic mass is 16.5. The van der Waals surface area contributed by atoms with Crippen molar-refractivity contribution in [1.82, 2.24) is 9.97 Å². The minimum absolute atomic E-state index is 0.213. The van der Waals surface area contributed by atoms with Crippen molar-refractivity contribution in [2.24, 2.45) is 11.7 Å². The average molecular weight is 561 g/mol. The minimum atomic E-state index is -0.213. The molecule has 0 saturated carbocycles. The molecule has 2 N–H and O–H groups in total. The van der Waals surface area contributed by atoms with Crippen LogP contribution in [0, 0.1) is 19.8 Å². The van der Waals surface area contributed by atoms with Gasteiger partial charge in [-0.1, -0.05) is 84.9 Å². The van der Waals surface area contributed by atoms with Crippen LogP contribution in [-0.4, -0.2) is 29.0 Å². The molecule has 224 valence electrons. The van der Waals surface area contributed by atoms with Gasteiger partial charge in [0.15, 0.2) is 5.82 Å². The van der Waals surface area contributed by atoms with Gasteiger partial charge in [0.05, 0.1) is 11.3 Å². The normalized spacial score (nSPS) is 10.9. The van der Waals surface area contributed by atoms with E-state index in [0.717, 1.165) is 72.1 Å². The quantitative estimate of drug-likeness (QED) is 0.228. The van der Waals surface area contributed by atoms with Crippen LogP contribution >= 0.6 is 0 Å². The zero-order valence-corrected chi connectivity index (χ0v) is 26.9. The van der Waals surface area contributed by atoms with Gasteiger partial charge in [0.2, 0.25) is 5.91 Å². The number of nitrogens with two attached hydrogens (primary N) is 1. The highest BCUT2D eigenvalue weighted by Gasteiger charge is 2.20. The lowest BCUT2D eigenvalue weighted by Gasteiger charge is -2.27. The molecule has 2 aromatic carbocycles. The highest BCUT2D eigenvalue weighted by Crippen LogP contribution is 2.30. The third-order valence-corrected chi connectivity index (χ3v) is 6.98. The molecular weight excluding hydrogens is 508 g/mol. The van der Waals surface area contributed by atoms with Gasteiger partial charge in [-0.05, 0) is 67.7 Å². The monoisotopic (exact) mass is 560 g/mol. The van der Waals surface area contributed by atoms with E-state index < -0.39 is 0 Å². The van der Waals surface area contributed by atoms with Crippen LogP contribution in [0.25, 0.3) is 11.4 Å². The van der Waals surface area contributed by atoms with Crippen LogP contribution in [0.2, 0.25) is 0 Å². The zero-order chi connectivity index (χ0) is 30.5. The van der Waals surface area contributed by atoms with Gasteiger partial charge in [-0.2, -0.15) is 0 Å². The number of aromatic nitrogens is 2. The second kappa shape index (κ2) is 16.8. The molecule has 3 aromatic rings. The number of amides is 1. The third-order valence-electron chi connectivity index (χ3n) is 6.98. The van der Waals surface area contributed by atoms with Crippen LogP contribution in [0.3, 0.4) is 0 Å². The van der Waals surface area contributed by atoms with Crippen molar-refractivity contribution < 1.29 is 9.53 Å². The smallest absolute Gasteiger partial charge is 0.217 e. The second-order valence-electron chi connectivity index (χ2n) is 11.5. The molecule has 0 saturated heterocycles. The summed E-state index contributed by atoms with van der Waals surface area (Å²) in [4.78, 5) is 22.6. The fourth-order valence-electron chi connectivity index (χ4n) is 4.73. The first-order chi connectivity index (χ1) is 19.5. The van der Waals surface area contributed by atoms with Gasteiger partial charge in [-0.25, -0.2) is 9.97 Å². The highest BCUT2D eigenvalue weighted by molar-refractivity contribution is 5.73. The molecule has 3 rings (SSSR count). The van der Waals surface area contributed by atoms with Crippen LogP contribution < -0.4 is 15.4 Å². The number of benzene rings is 2. The summed E-state index contributed by atoms with van der Waals surface area (Å²) < 4.78 is 6.43. The minimum Gasteiger partial charge on any atom is -0.488 e. The Bertz CT molecular complexity index is 1250. The Hall–Kier alpha value is -3.41. The number of aryl methyl sites for hydroxylation is 3. The number of anilines is 1. The third kappa shape index (κ3) is 10.2. The van der Waals surface area contributed by atoms with E-state index in [1.807, 2.05) is 13.8 Å². The summed E-state index contributed by atoms with van der Waals surface area (Å²) in [5.41, 5.74) is 11.8. The van der Waals surface area contributed by atoms with Gasteiger partial charge in [0.25, 0.3) is 0 Å². The topological polar surface area (TPSA) is 81.3 Å². The maximum Gasteiger partial charge on any atom is 0.217 e.